The Morgan fingerprint density at radius 2 is 1.80 bits per heavy atom. The van der Waals surface area contributed by atoms with Crippen molar-refractivity contribution in [1.29, 1.82) is 0 Å². The van der Waals surface area contributed by atoms with Gasteiger partial charge in [-0.15, -0.1) is 0 Å². The molecule has 0 fully saturated rings. The van der Waals surface area contributed by atoms with E-state index in [9.17, 15) is 0 Å². The molecular weight excluding hydrogens is 184 g/mol. The number of hydrogen-bond acceptors (Lipinski definition) is 2. The van der Waals surface area contributed by atoms with Gasteiger partial charge in [-0.3, -0.25) is 0 Å². The van der Waals surface area contributed by atoms with Crippen molar-refractivity contribution in [3.8, 4) is 0 Å². The van der Waals surface area contributed by atoms with Crippen LogP contribution in [-0.2, 0) is 6.42 Å². The van der Waals surface area contributed by atoms with Gasteiger partial charge in [0, 0.05) is 18.3 Å². The van der Waals surface area contributed by atoms with Crippen LogP contribution in [0.2, 0.25) is 0 Å². The largest absolute Gasteiger partial charge is 0.241 e. The fourth-order valence-electron chi connectivity index (χ4n) is 2.32. The van der Waals surface area contributed by atoms with Crippen LogP contribution in [0.25, 0.3) is 0 Å². The van der Waals surface area contributed by atoms with Gasteiger partial charge in [-0.1, -0.05) is 24.3 Å². The van der Waals surface area contributed by atoms with E-state index in [0.717, 1.165) is 18.7 Å². The van der Waals surface area contributed by atoms with Gasteiger partial charge in [-0.2, -0.15) is 0 Å². The fourth-order valence-corrected chi connectivity index (χ4v) is 2.32. The van der Waals surface area contributed by atoms with Crippen LogP contribution in [0.15, 0.2) is 42.7 Å². The topological polar surface area (TPSA) is 25.8 Å². The third kappa shape index (κ3) is 1.42. The van der Waals surface area contributed by atoms with Crippen LogP contribution in [0.1, 0.15) is 29.3 Å². The van der Waals surface area contributed by atoms with E-state index in [1.807, 2.05) is 18.5 Å². The molecule has 15 heavy (non-hydrogen) atoms. The second-order valence-electron chi connectivity index (χ2n) is 3.90. The van der Waals surface area contributed by atoms with E-state index in [1.165, 1.54) is 11.1 Å². The van der Waals surface area contributed by atoms with Gasteiger partial charge in [0.2, 0.25) is 0 Å². The SMILES string of the molecule is c1cnc(C2CCc3ccccc32)nc1. The molecule has 3 rings (SSSR count). The van der Waals surface area contributed by atoms with Crippen molar-refractivity contribution in [2.45, 2.75) is 18.8 Å². The highest BCUT2D eigenvalue weighted by atomic mass is 14.9. The van der Waals surface area contributed by atoms with E-state index < -0.39 is 0 Å². The van der Waals surface area contributed by atoms with Crippen LogP contribution in [0.5, 0.6) is 0 Å². The van der Waals surface area contributed by atoms with Gasteiger partial charge in [0.1, 0.15) is 5.82 Å². The fraction of sp³-hybridized carbons (Fsp3) is 0.231. The molecule has 1 atom stereocenters. The maximum absolute atomic E-state index is 4.35. The number of rotatable bonds is 1. The summed E-state index contributed by atoms with van der Waals surface area (Å²) >= 11 is 0. The van der Waals surface area contributed by atoms with Crippen molar-refractivity contribution in [2.24, 2.45) is 0 Å². The van der Waals surface area contributed by atoms with E-state index in [4.69, 9.17) is 0 Å². The second-order valence-corrected chi connectivity index (χ2v) is 3.90. The molecule has 0 aliphatic heterocycles. The van der Waals surface area contributed by atoms with Crippen LogP contribution in [0, 0.1) is 0 Å². The molecule has 1 aliphatic rings. The first-order valence-electron chi connectivity index (χ1n) is 5.30. The molecule has 0 amide bonds. The van der Waals surface area contributed by atoms with Crippen molar-refractivity contribution in [3.63, 3.8) is 0 Å². The number of fused-ring (bicyclic) bond motifs is 1. The van der Waals surface area contributed by atoms with E-state index >= 15 is 0 Å². The molecule has 0 radical (unpaired) electrons. The minimum atomic E-state index is 0.405. The lowest BCUT2D eigenvalue weighted by Crippen LogP contribution is -2.01. The number of hydrogen-bond donors (Lipinski definition) is 0. The van der Waals surface area contributed by atoms with Gasteiger partial charge in [-0.25, -0.2) is 9.97 Å². The lowest BCUT2D eigenvalue weighted by molar-refractivity contribution is 0.728. The van der Waals surface area contributed by atoms with Crippen molar-refractivity contribution in [1.82, 2.24) is 9.97 Å². The minimum Gasteiger partial charge on any atom is -0.241 e. The molecule has 1 aliphatic carbocycles. The monoisotopic (exact) mass is 196 g/mol. The summed E-state index contributed by atoms with van der Waals surface area (Å²) in [6, 6.07) is 10.5. The third-order valence-electron chi connectivity index (χ3n) is 3.03. The third-order valence-corrected chi connectivity index (χ3v) is 3.03. The zero-order valence-corrected chi connectivity index (χ0v) is 8.43. The first-order valence-corrected chi connectivity index (χ1v) is 5.30. The average molecular weight is 196 g/mol. The normalized spacial score (nSPS) is 18.8. The molecule has 74 valence electrons. The van der Waals surface area contributed by atoms with Crippen molar-refractivity contribution < 1.29 is 0 Å². The number of aryl methyl sites for hydroxylation is 1. The molecule has 2 aromatic rings. The summed E-state index contributed by atoms with van der Waals surface area (Å²) in [6.45, 7) is 0. The molecule has 0 spiro atoms. The number of aromatic nitrogens is 2. The van der Waals surface area contributed by atoms with Crippen LogP contribution < -0.4 is 0 Å². The van der Waals surface area contributed by atoms with E-state index in [1.54, 1.807) is 0 Å². The Kier molecular flexibility index (Phi) is 1.98. The molecule has 1 aromatic carbocycles. The molecule has 2 heteroatoms. The van der Waals surface area contributed by atoms with Gasteiger partial charge in [0.25, 0.3) is 0 Å². The lowest BCUT2D eigenvalue weighted by Gasteiger charge is -2.08. The zero-order valence-electron chi connectivity index (χ0n) is 8.43. The van der Waals surface area contributed by atoms with Gasteiger partial charge in [0.15, 0.2) is 0 Å². The molecule has 1 heterocycles. The molecule has 0 N–H and O–H groups in total. The summed E-state index contributed by atoms with van der Waals surface area (Å²) in [5.74, 6) is 1.37. The highest BCUT2D eigenvalue weighted by molar-refractivity contribution is 5.38. The Hall–Kier alpha value is -1.70. The summed E-state index contributed by atoms with van der Waals surface area (Å²) in [7, 11) is 0. The Bertz CT molecular complexity index is 465. The molecule has 0 saturated heterocycles. The Morgan fingerprint density at radius 3 is 2.67 bits per heavy atom. The minimum absolute atomic E-state index is 0.405. The highest BCUT2D eigenvalue weighted by Crippen LogP contribution is 2.35. The molecule has 2 nitrogen and oxygen atoms in total. The molecule has 0 saturated carbocycles. The van der Waals surface area contributed by atoms with Gasteiger partial charge >= 0.3 is 0 Å². The van der Waals surface area contributed by atoms with E-state index in [-0.39, 0.29) is 0 Å². The van der Waals surface area contributed by atoms with Gasteiger partial charge in [-0.05, 0) is 30.0 Å². The van der Waals surface area contributed by atoms with Gasteiger partial charge in [0.05, 0.1) is 0 Å². The predicted molar refractivity (Wildman–Crippen MR) is 58.6 cm³/mol. The van der Waals surface area contributed by atoms with Crippen LogP contribution in [0.3, 0.4) is 0 Å². The Morgan fingerprint density at radius 1 is 1.00 bits per heavy atom. The van der Waals surface area contributed by atoms with E-state index in [2.05, 4.69) is 34.2 Å². The summed E-state index contributed by atoms with van der Waals surface area (Å²) in [6.07, 6.45) is 5.94. The molecular formula is C13H12N2. The summed E-state index contributed by atoms with van der Waals surface area (Å²) in [5.41, 5.74) is 2.86. The van der Waals surface area contributed by atoms with Crippen LogP contribution in [0.4, 0.5) is 0 Å². The lowest BCUT2D eigenvalue weighted by atomic mass is 10.0. The maximum atomic E-state index is 4.35. The first-order chi connectivity index (χ1) is 7.45. The maximum Gasteiger partial charge on any atom is 0.135 e. The number of nitrogens with zero attached hydrogens (tertiary/aromatic N) is 2. The number of benzene rings is 1. The van der Waals surface area contributed by atoms with Crippen molar-refractivity contribution >= 4 is 0 Å². The van der Waals surface area contributed by atoms with Crippen LogP contribution >= 0.6 is 0 Å². The highest BCUT2D eigenvalue weighted by Gasteiger charge is 2.24. The average Bonchev–Trinajstić information content (AvgIpc) is 2.74. The van der Waals surface area contributed by atoms with Crippen molar-refractivity contribution in [3.05, 3.63) is 59.7 Å². The predicted octanol–water partition coefficient (Wildman–Crippen LogP) is 2.55. The summed E-state index contributed by atoms with van der Waals surface area (Å²) < 4.78 is 0. The molecule has 1 unspecified atom stereocenters. The quantitative estimate of drug-likeness (QED) is 0.700. The molecule has 1 aromatic heterocycles. The molecule has 0 bridgehead atoms. The standard InChI is InChI=1S/C13H12N2/c1-2-5-11-10(4-1)6-7-12(11)13-14-8-3-9-15-13/h1-5,8-9,12H,6-7H2. The summed E-state index contributed by atoms with van der Waals surface area (Å²) in [5, 5.41) is 0. The zero-order chi connectivity index (χ0) is 10.1. The summed E-state index contributed by atoms with van der Waals surface area (Å²) in [4.78, 5) is 8.70. The van der Waals surface area contributed by atoms with Crippen LogP contribution in [-0.4, -0.2) is 9.97 Å². The first kappa shape index (κ1) is 8.60. The second kappa shape index (κ2) is 3.46. The van der Waals surface area contributed by atoms with Gasteiger partial charge < -0.3 is 0 Å². The smallest absolute Gasteiger partial charge is 0.135 e. The Balaban J connectivity index is 2.05. The van der Waals surface area contributed by atoms with Crippen molar-refractivity contribution in [2.75, 3.05) is 0 Å². The Labute approximate surface area is 89.0 Å². The van der Waals surface area contributed by atoms with E-state index in [0.29, 0.717) is 5.92 Å².